The van der Waals surface area contributed by atoms with Crippen molar-refractivity contribution in [3.63, 3.8) is 0 Å². The summed E-state index contributed by atoms with van der Waals surface area (Å²) in [5.41, 5.74) is 3.15. The number of fused-ring (bicyclic) bond motifs is 3. The van der Waals surface area contributed by atoms with Crippen LogP contribution in [0.5, 0.6) is 0 Å². The molecule has 2 heterocycles. The van der Waals surface area contributed by atoms with Crippen LogP contribution in [0.3, 0.4) is 0 Å². The van der Waals surface area contributed by atoms with E-state index in [9.17, 15) is 4.79 Å². The zero-order valence-electron chi connectivity index (χ0n) is 12.6. The van der Waals surface area contributed by atoms with Crippen LogP contribution in [0.2, 0.25) is 0 Å². The molecule has 0 spiro atoms. The van der Waals surface area contributed by atoms with E-state index in [1.54, 1.807) is 4.57 Å². The van der Waals surface area contributed by atoms with E-state index in [0.29, 0.717) is 5.65 Å². The van der Waals surface area contributed by atoms with Gasteiger partial charge in [-0.05, 0) is 30.3 Å². The molecule has 0 unspecified atom stereocenters. The summed E-state index contributed by atoms with van der Waals surface area (Å²) in [4.78, 5) is 12.1. The molecule has 0 atom stereocenters. The Hall–Kier alpha value is -2.05. The molecular formula is C18H11Br2N3O. The molecule has 6 heteroatoms. The molecule has 0 radical (unpaired) electrons. The largest absolute Gasteiger partial charge is 0.274 e. The Balaban J connectivity index is 2.08. The maximum Gasteiger partial charge on any atom is 0.229 e. The molecule has 2 aromatic carbocycles. The van der Waals surface area contributed by atoms with Crippen molar-refractivity contribution < 1.29 is 4.79 Å². The number of benzene rings is 2. The molecule has 0 aliphatic rings. The predicted molar refractivity (Wildman–Crippen MR) is 102 cm³/mol. The molecule has 4 nitrogen and oxygen atoms in total. The number of nitrogens with zero attached hydrogens (tertiary/aromatic N) is 3. The molecule has 0 saturated heterocycles. The normalized spacial score (nSPS) is 11.3. The van der Waals surface area contributed by atoms with E-state index < -0.39 is 0 Å². The number of halogens is 2. The highest BCUT2D eigenvalue weighted by molar-refractivity contribution is 9.11. The van der Waals surface area contributed by atoms with E-state index in [4.69, 9.17) is 0 Å². The van der Waals surface area contributed by atoms with Gasteiger partial charge in [0.15, 0.2) is 5.65 Å². The van der Waals surface area contributed by atoms with Crippen molar-refractivity contribution in [3.8, 4) is 11.3 Å². The fourth-order valence-electron chi connectivity index (χ4n) is 2.89. The summed E-state index contributed by atoms with van der Waals surface area (Å²) in [6, 6.07) is 15.7. The second-order valence-corrected chi connectivity index (χ2v) is 7.23. The first-order valence-electron chi connectivity index (χ1n) is 7.29. The van der Waals surface area contributed by atoms with E-state index >= 15 is 0 Å². The molecule has 2 aromatic heterocycles. The first kappa shape index (κ1) is 15.5. The van der Waals surface area contributed by atoms with Gasteiger partial charge in [-0.25, -0.2) is 0 Å². The van der Waals surface area contributed by atoms with Gasteiger partial charge in [0.1, 0.15) is 0 Å². The molecule has 4 aromatic rings. The van der Waals surface area contributed by atoms with Crippen LogP contribution >= 0.6 is 31.9 Å². The van der Waals surface area contributed by atoms with Crippen LogP contribution in [-0.4, -0.2) is 20.7 Å². The molecule has 0 fully saturated rings. The van der Waals surface area contributed by atoms with Crippen molar-refractivity contribution in [1.29, 1.82) is 0 Å². The van der Waals surface area contributed by atoms with Gasteiger partial charge in [-0.15, -0.1) is 10.2 Å². The second-order valence-electron chi connectivity index (χ2n) is 5.46. The summed E-state index contributed by atoms with van der Waals surface area (Å²) in [5.74, 6) is -0.0845. The summed E-state index contributed by atoms with van der Waals surface area (Å²) >= 11 is 7.03. The first-order valence-corrected chi connectivity index (χ1v) is 8.88. The average molecular weight is 445 g/mol. The SMILES string of the molecule is CC(=O)n1c2cccc(Br)c2c2cc(-c3ccc(Br)cc3)nnc21. The number of hydrogen-bond donors (Lipinski definition) is 0. The van der Waals surface area contributed by atoms with Gasteiger partial charge in [-0.1, -0.05) is 50.1 Å². The number of carbonyl (C=O) groups is 1. The third-order valence-electron chi connectivity index (χ3n) is 3.94. The van der Waals surface area contributed by atoms with Gasteiger partial charge in [0.25, 0.3) is 0 Å². The maximum atomic E-state index is 12.1. The van der Waals surface area contributed by atoms with Crippen LogP contribution in [0.1, 0.15) is 11.7 Å². The summed E-state index contributed by atoms with van der Waals surface area (Å²) < 4.78 is 3.55. The zero-order chi connectivity index (χ0) is 16.8. The summed E-state index contributed by atoms with van der Waals surface area (Å²) in [7, 11) is 0. The Kier molecular flexibility index (Phi) is 3.73. The molecular weight excluding hydrogens is 434 g/mol. The fraction of sp³-hybridized carbons (Fsp3) is 0.0556. The highest BCUT2D eigenvalue weighted by Crippen LogP contribution is 2.34. The van der Waals surface area contributed by atoms with E-state index in [2.05, 4.69) is 42.1 Å². The van der Waals surface area contributed by atoms with Crippen LogP contribution in [0.25, 0.3) is 33.2 Å². The highest BCUT2D eigenvalue weighted by Gasteiger charge is 2.18. The van der Waals surface area contributed by atoms with Gasteiger partial charge in [0, 0.05) is 32.2 Å². The Labute approximate surface area is 154 Å². The lowest BCUT2D eigenvalue weighted by molar-refractivity contribution is 0.0945. The lowest BCUT2D eigenvalue weighted by Crippen LogP contribution is -2.06. The zero-order valence-corrected chi connectivity index (χ0v) is 15.8. The first-order chi connectivity index (χ1) is 11.6. The lowest BCUT2D eigenvalue weighted by atomic mass is 10.1. The van der Waals surface area contributed by atoms with Gasteiger partial charge in [-0.3, -0.25) is 9.36 Å². The van der Waals surface area contributed by atoms with Crippen molar-refractivity contribution >= 4 is 59.7 Å². The van der Waals surface area contributed by atoms with Crippen molar-refractivity contribution in [3.05, 3.63) is 57.5 Å². The standard InChI is InChI=1S/C18H11Br2N3O/c1-10(24)23-16-4-2-3-14(20)17(16)13-9-15(21-22-18(13)23)11-5-7-12(19)8-6-11/h2-9H,1H3. The summed E-state index contributed by atoms with van der Waals surface area (Å²) in [6.07, 6.45) is 0. The Bertz CT molecular complexity index is 1100. The topological polar surface area (TPSA) is 47.8 Å². The van der Waals surface area contributed by atoms with Crippen LogP contribution in [0.15, 0.2) is 57.5 Å². The number of rotatable bonds is 1. The highest BCUT2D eigenvalue weighted by atomic mass is 79.9. The average Bonchev–Trinajstić information content (AvgIpc) is 2.90. The summed E-state index contributed by atoms with van der Waals surface area (Å²) in [6.45, 7) is 1.53. The minimum absolute atomic E-state index is 0.0845. The Morgan fingerprint density at radius 2 is 1.79 bits per heavy atom. The van der Waals surface area contributed by atoms with Crippen molar-refractivity contribution in [1.82, 2.24) is 14.8 Å². The number of carbonyl (C=O) groups excluding carboxylic acids is 1. The van der Waals surface area contributed by atoms with Crippen molar-refractivity contribution in [2.75, 3.05) is 0 Å². The van der Waals surface area contributed by atoms with Gasteiger partial charge in [0.05, 0.1) is 11.2 Å². The minimum Gasteiger partial charge on any atom is -0.274 e. The van der Waals surface area contributed by atoms with Crippen LogP contribution in [0.4, 0.5) is 0 Å². The van der Waals surface area contributed by atoms with E-state index in [0.717, 1.165) is 36.5 Å². The smallest absolute Gasteiger partial charge is 0.229 e. The van der Waals surface area contributed by atoms with E-state index in [-0.39, 0.29) is 5.91 Å². The molecule has 0 bridgehead atoms. The third-order valence-corrected chi connectivity index (χ3v) is 5.13. The number of hydrogen-bond acceptors (Lipinski definition) is 3. The van der Waals surface area contributed by atoms with Crippen LogP contribution in [0, 0.1) is 0 Å². The Morgan fingerprint density at radius 3 is 2.50 bits per heavy atom. The second kappa shape index (κ2) is 5.79. The molecule has 0 aliphatic carbocycles. The van der Waals surface area contributed by atoms with Gasteiger partial charge in [-0.2, -0.15) is 0 Å². The third kappa shape index (κ3) is 2.37. The number of aromatic nitrogens is 3. The van der Waals surface area contributed by atoms with Crippen LogP contribution < -0.4 is 0 Å². The minimum atomic E-state index is -0.0845. The van der Waals surface area contributed by atoms with Gasteiger partial charge < -0.3 is 0 Å². The lowest BCUT2D eigenvalue weighted by Gasteiger charge is -2.02. The van der Waals surface area contributed by atoms with Gasteiger partial charge >= 0.3 is 0 Å². The molecule has 0 N–H and O–H groups in total. The molecule has 0 saturated carbocycles. The summed E-state index contributed by atoms with van der Waals surface area (Å²) in [5, 5.41) is 10.5. The van der Waals surface area contributed by atoms with Gasteiger partial charge in [0.2, 0.25) is 5.91 Å². The molecule has 118 valence electrons. The molecule has 4 rings (SSSR count). The molecule has 0 amide bonds. The van der Waals surface area contributed by atoms with Crippen LogP contribution in [-0.2, 0) is 0 Å². The predicted octanol–water partition coefficient (Wildman–Crippen LogP) is 5.44. The molecule has 0 aliphatic heterocycles. The quantitative estimate of drug-likeness (QED) is 0.393. The van der Waals surface area contributed by atoms with Crippen molar-refractivity contribution in [2.45, 2.75) is 6.92 Å². The maximum absolute atomic E-state index is 12.1. The monoisotopic (exact) mass is 443 g/mol. The fourth-order valence-corrected chi connectivity index (χ4v) is 3.73. The van der Waals surface area contributed by atoms with E-state index in [1.807, 2.05) is 48.5 Å². The molecule has 24 heavy (non-hydrogen) atoms. The van der Waals surface area contributed by atoms with Crippen molar-refractivity contribution in [2.24, 2.45) is 0 Å². The van der Waals surface area contributed by atoms with E-state index in [1.165, 1.54) is 6.92 Å². The Morgan fingerprint density at radius 1 is 1.04 bits per heavy atom.